The Balaban J connectivity index is 2.39. The van der Waals surface area contributed by atoms with Gasteiger partial charge in [0.1, 0.15) is 17.6 Å². The first-order chi connectivity index (χ1) is 8.26. The fourth-order valence-electron chi connectivity index (χ4n) is 1.37. The van der Waals surface area contributed by atoms with Crippen molar-refractivity contribution in [2.75, 3.05) is 26.9 Å². The summed E-state index contributed by atoms with van der Waals surface area (Å²) in [5, 5.41) is 8.63. The third-order valence-electron chi connectivity index (χ3n) is 2.13. The number of ether oxygens (including phenoxy) is 3. The molecule has 96 valence electrons. The van der Waals surface area contributed by atoms with E-state index in [1.165, 1.54) is 0 Å². The molecule has 0 saturated carbocycles. The van der Waals surface area contributed by atoms with E-state index >= 15 is 0 Å². The van der Waals surface area contributed by atoms with Crippen molar-refractivity contribution in [3.63, 3.8) is 0 Å². The normalized spacial score (nSPS) is 12.2. The van der Waals surface area contributed by atoms with Crippen LogP contribution in [0.25, 0.3) is 0 Å². The highest BCUT2D eigenvalue weighted by atomic mass is 16.5. The molecular weight excluding hydrogens is 220 g/mol. The van der Waals surface area contributed by atoms with Crippen LogP contribution in [0, 0.1) is 0 Å². The maximum Gasteiger partial charge on any atom is 0.120 e. The van der Waals surface area contributed by atoms with Gasteiger partial charge in [0.25, 0.3) is 0 Å². The van der Waals surface area contributed by atoms with Crippen molar-refractivity contribution in [1.82, 2.24) is 0 Å². The van der Waals surface area contributed by atoms with Crippen LogP contribution in [0.15, 0.2) is 24.3 Å². The minimum Gasteiger partial charge on any atom is -0.494 e. The Morgan fingerprint density at radius 1 is 1.18 bits per heavy atom. The summed E-state index contributed by atoms with van der Waals surface area (Å²) < 4.78 is 16.0. The third-order valence-corrected chi connectivity index (χ3v) is 2.13. The SMILES string of the molecule is COCC(C)Oc1ccc(OCCCO)cc1. The smallest absolute Gasteiger partial charge is 0.120 e. The van der Waals surface area contributed by atoms with Crippen molar-refractivity contribution in [2.24, 2.45) is 0 Å². The maximum atomic E-state index is 8.63. The Morgan fingerprint density at radius 2 is 1.82 bits per heavy atom. The van der Waals surface area contributed by atoms with Crippen LogP contribution in [-0.4, -0.2) is 38.1 Å². The monoisotopic (exact) mass is 240 g/mol. The summed E-state index contributed by atoms with van der Waals surface area (Å²) in [7, 11) is 1.65. The minimum absolute atomic E-state index is 0.0288. The van der Waals surface area contributed by atoms with Crippen LogP contribution >= 0.6 is 0 Å². The summed E-state index contributed by atoms with van der Waals surface area (Å²) in [5.74, 6) is 1.58. The number of aliphatic hydroxyl groups excluding tert-OH is 1. The molecule has 4 nitrogen and oxygen atoms in total. The Bertz CT molecular complexity index is 297. The second-order valence-electron chi connectivity index (χ2n) is 3.78. The fourth-order valence-corrected chi connectivity index (χ4v) is 1.37. The zero-order valence-corrected chi connectivity index (χ0v) is 10.4. The lowest BCUT2D eigenvalue weighted by Crippen LogP contribution is -2.17. The van der Waals surface area contributed by atoms with Gasteiger partial charge in [-0.25, -0.2) is 0 Å². The lowest BCUT2D eigenvalue weighted by atomic mass is 10.3. The van der Waals surface area contributed by atoms with Crippen LogP contribution in [0.5, 0.6) is 11.5 Å². The number of rotatable bonds is 8. The number of aliphatic hydroxyl groups is 1. The topological polar surface area (TPSA) is 47.9 Å². The van der Waals surface area contributed by atoms with Gasteiger partial charge in [-0.3, -0.25) is 0 Å². The number of methoxy groups -OCH3 is 1. The van der Waals surface area contributed by atoms with Crippen molar-refractivity contribution in [3.8, 4) is 11.5 Å². The van der Waals surface area contributed by atoms with E-state index in [4.69, 9.17) is 19.3 Å². The molecule has 4 heteroatoms. The van der Waals surface area contributed by atoms with Crippen molar-refractivity contribution in [2.45, 2.75) is 19.4 Å². The predicted molar refractivity (Wildman–Crippen MR) is 65.6 cm³/mol. The third kappa shape index (κ3) is 5.56. The van der Waals surface area contributed by atoms with E-state index in [9.17, 15) is 0 Å². The highest BCUT2D eigenvalue weighted by Gasteiger charge is 2.03. The van der Waals surface area contributed by atoms with Crippen LogP contribution < -0.4 is 9.47 Å². The summed E-state index contributed by atoms with van der Waals surface area (Å²) in [4.78, 5) is 0. The maximum absolute atomic E-state index is 8.63. The van der Waals surface area contributed by atoms with Gasteiger partial charge in [0.05, 0.1) is 13.2 Å². The molecule has 0 fully saturated rings. The predicted octanol–water partition coefficient (Wildman–Crippen LogP) is 1.86. The first kappa shape index (κ1) is 13.8. The number of hydrogen-bond acceptors (Lipinski definition) is 4. The lowest BCUT2D eigenvalue weighted by molar-refractivity contribution is 0.0920. The van der Waals surface area contributed by atoms with Gasteiger partial charge in [0, 0.05) is 20.1 Å². The molecule has 17 heavy (non-hydrogen) atoms. The molecule has 1 rings (SSSR count). The summed E-state index contributed by atoms with van der Waals surface area (Å²) in [6, 6.07) is 7.43. The van der Waals surface area contributed by atoms with Gasteiger partial charge in [-0.1, -0.05) is 0 Å². The first-order valence-corrected chi connectivity index (χ1v) is 5.75. The average molecular weight is 240 g/mol. The molecule has 0 aliphatic carbocycles. The molecule has 0 bridgehead atoms. The molecule has 0 saturated heterocycles. The van der Waals surface area contributed by atoms with Crippen molar-refractivity contribution in [3.05, 3.63) is 24.3 Å². The van der Waals surface area contributed by atoms with Crippen LogP contribution in [-0.2, 0) is 4.74 Å². The van der Waals surface area contributed by atoms with Crippen LogP contribution in [0.3, 0.4) is 0 Å². The molecule has 0 aliphatic heterocycles. The van der Waals surface area contributed by atoms with E-state index in [0.29, 0.717) is 19.6 Å². The van der Waals surface area contributed by atoms with Crippen LogP contribution in [0.4, 0.5) is 0 Å². The highest BCUT2D eigenvalue weighted by Crippen LogP contribution is 2.18. The number of benzene rings is 1. The van der Waals surface area contributed by atoms with Gasteiger partial charge in [0.2, 0.25) is 0 Å². The molecule has 0 amide bonds. The summed E-state index contributed by atoms with van der Waals surface area (Å²) in [5.41, 5.74) is 0. The molecule has 0 spiro atoms. The zero-order valence-electron chi connectivity index (χ0n) is 10.4. The Labute approximate surface area is 102 Å². The van der Waals surface area contributed by atoms with Crippen LogP contribution in [0.1, 0.15) is 13.3 Å². The second-order valence-corrected chi connectivity index (χ2v) is 3.78. The van der Waals surface area contributed by atoms with E-state index in [2.05, 4.69) is 0 Å². The molecular formula is C13H20O4. The van der Waals surface area contributed by atoms with Gasteiger partial charge in [-0.05, 0) is 31.2 Å². The number of hydrogen-bond donors (Lipinski definition) is 1. The summed E-state index contributed by atoms with van der Waals surface area (Å²) >= 11 is 0. The second kappa shape index (κ2) is 7.92. The van der Waals surface area contributed by atoms with Crippen LogP contribution in [0.2, 0.25) is 0 Å². The molecule has 0 radical (unpaired) electrons. The van der Waals surface area contributed by atoms with Gasteiger partial charge < -0.3 is 19.3 Å². The lowest BCUT2D eigenvalue weighted by Gasteiger charge is -2.14. The molecule has 0 aliphatic rings. The Kier molecular flexibility index (Phi) is 6.43. The first-order valence-electron chi connectivity index (χ1n) is 5.75. The van der Waals surface area contributed by atoms with Crippen molar-refractivity contribution >= 4 is 0 Å². The minimum atomic E-state index is 0.0288. The molecule has 1 atom stereocenters. The summed E-state index contributed by atoms with van der Waals surface area (Å²) in [6.07, 6.45) is 0.671. The van der Waals surface area contributed by atoms with Gasteiger partial charge in [0.15, 0.2) is 0 Å². The van der Waals surface area contributed by atoms with E-state index in [1.54, 1.807) is 7.11 Å². The van der Waals surface area contributed by atoms with Crippen molar-refractivity contribution < 1.29 is 19.3 Å². The standard InChI is InChI=1S/C13H20O4/c1-11(10-15-2)17-13-6-4-12(5-7-13)16-9-3-8-14/h4-7,11,14H,3,8-10H2,1-2H3. The van der Waals surface area contributed by atoms with Gasteiger partial charge in [-0.15, -0.1) is 0 Å². The Morgan fingerprint density at radius 3 is 2.41 bits per heavy atom. The largest absolute Gasteiger partial charge is 0.494 e. The van der Waals surface area contributed by atoms with E-state index < -0.39 is 0 Å². The fraction of sp³-hybridized carbons (Fsp3) is 0.538. The van der Waals surface area contributed by atoms with Crippen molar-refractivity contribution in [1.29, 1.82) is 0 Å². The average Bonchev–Trinajstić information content (AvgIpc) is 2.32. The molecule has 1 aromatic carbocycles. The molecule has 0 heterocycles. The highest BCUT2D eigenvalue weighted by molar-refractivity contribution is 5.31. The van der Waals surface area contributed by atoms with E-state index in [0.717, 1.165) is 11.5 Å². The molecule has 1 unspecified atom stereocenters. The quantitative estimate of drug-likeness (QED) is 0.705. The Hall–Kier alpha value is -1.26. The van der Waals surface area contributed by atoms with Gasteiger partial charge in [-0.2, -0.15) is 0 Å². The van der Waals surface area contributed by atoms with E-state index in [1.807, 2.05) is 31.2 Å². The molecule has 1 aromatic rings. The van der Waals surface area contributed by atoms with E-state index in [-0.39, 0.29) is 12.7 Å². The molecule has 1 N–H and O–H groups in total. The zero-order chi connectivity index (χ0) is 12.5. The summed E-state index contributed by atoms with van der Waals surface area (Å²) in [6.45, 7) is 3.19. The van der Waals surface area contributed by atoms with Gasteiger partial charge >= 0.3 is 0 Å². The molecule has 0 aromatic heterocycles.